The summed E-state index contributed by atoms with van der Waals surface area (Å²) in [5.74, 6) is 0.135. The first-order valence-corrected chi connectivity index (χ1v) is 8.09. The fourth-order valence-corrected chi connectivity index (χ4v) is 2.84. The van der Waals surface area contributed by atoms with Crippen LogP contribution < -0.4 is 5.32 Å². The van der Waals surface area contributed by atoms with Crippen molar-refractivity contribution < 1.29 is 4.79 Å². The number of hydrogen-bond donors (Lipinski definition) is 1. The molecular weight excluding hydrogens is 356 g/mol. The molecule has 0 fully saturated rings. The highest BCUT2D eigenvalue weighted by Crippen LogP contribution is 2.18. The summed E-state index contributed by atoms with van der Waals surface area (Å²) in [5, 5.41) is 2.92. The van der Waals surface area contributed by atoms with Gasteiger partial charge in [0, 0.05) is 12.7 Å². The highest BCUT2D eigenvalue weighted by atomic mass is 79.9. The average Bonchev–Trinajstić information content (AvgIpc) is 2.84. The zero-order valence-corrected chi connectivity index (χ0v) is 14.8. The Labute approximate surface area is 142 Å². The van der Waals surface area contributed by atoms with Gasteiger partial charge >= 0.3 is 0 Å². The first-order chi connectivity index (χ1) is 11.0. The Balaban J connectivity index is 1.83. The predicted molar refractivity (Wildman–Crippen MR) is 92.5 cm³/mol. The fourth-order valence-electron chi connectivity index (χ4n) is 2.38. The van der Waals surface area contributed by atoms with Crippen molar-refractivity contribution >= 4 is 27.4 Å². The van der Waals surface area contributed by atoms with Crippen LogP contribution in [-0.2, 0) is 6.54 Å². The van der Waals surface area contributed by atoms with E-state index in [9.17, 15) is 4.79 Å². The average molecular weight is 373 g/mol. The Bertz CT molecular complexity index is 901. The molecule has 3 aromatic rings. The molecule has 0 atom stereocenters. The van der Waals surface area contributed by atoms with E-state index in [0.717, 1.165) is 16.8 Å². The summed E-state index contributed by atoms with van der Waals surface area (Å²) in [6.45, 7) is 6.48. The summed E-state index contributed by atoms with van der Waals surface area (Å²) < 4.78 is 2.36. The van der Waals surface area contributed by atoms with E-state index >= 15 is 0 Å². The molecule has 1 amide bonds. The van der Waals surface area contributed by atoms with E-state index in [2.05, 4.69) is 57.2 Å². The summed E-state index contributed by atoms with van der Waals surface area (Å²) in [6.07, 6.45) is 3.50. The minimum atomic E-state index is -0.213. The summed E-state index contributed by atoms with van der Waals surface area (Å²) in [7, 11) is 0. The number of carbonyl (C=O) groups excluding carboxylic acids is 1. The second-order valence-electron chi connectivity index (χ2n) is 5.61. The van der Waals surface area contributed by atoms with Gasteiger partial charge in [-0.3, -0.25) is 14.2 Å². The molecule has 0 aliphatic carbocycles. The van der Waals surface area contributed by atoms with Gasteiger partial charge in [-0.25, -0.2) is 4.98 Å². The van der Waals surface area contributed by atoms with Crippen molar-refractivity contribution in [3.63, 3.8) is 0 Å². The number of amides is 1. The number of halogens is 1. The van der Waals surface area contributed by atoms with E-state index in [-0.39, 0.29) is 5.91 Å². The first-order valence-electron chi connectivity index (χ1n) is 7.30. The van der Waals surface area contributed by atoms with E-state index in [4.69, 9.17) is 0 Å². The van der Waals surface area contributed by atoms with Crippen molar-refractivity contribution in [1.29, 1.82) is 0 Å². The van der Waals surface area contributed by atoms with Gasteiger partial charge in [0.1, 0.15) is 4.60 Å². The Morgan fingerprint density at radius 3 is 2.78 bits per heavy atom. The summed E-state index contributed by atoms with van der Waals surface area (Å²) in [6, 6.07) is 6.17. The minimum Gasteiger partial charge on any atom is -0.345 e. The maximum atomic E-state index is 12.5. The summed E-state index contributed by atoms with van der Waals surface area (Å²) >= 11 is 3.37. The van der Waals surface area contributed by atoms with Crippen LogP contribution in [0.1, 0.15) is 33.0 Å². The van der Waals surface area contributed by atoms with Gasteiger partial charge < -0.3 is 5.32 Å². The quantitative estimate of drug-likeness (QED) is 0.766. The third-order valence-corrected chi connectivity index (χ3v) is 4.42. The van der Waals surface area contributed by atoms with Crippen LogP contribution >= 0.6 is 15.9 Å². The SMILES string of the molecule is Cc1cn2c(C(=O)NCc3ccc(C)c(C)c3)nc(Br)c2cn1. The highest BCUT2D eigenvalue weighted by molar-refractivity contribution is 9.10. The lowest BCUT2D eigenvalue weighted by molar-refractivity contribution is 0.0940. The van der Waals surface area contributed by atoms with E-state index in [1.165, 1.54) is 11.1 Å². The summed E-state index contributed by atoms with van der Waals surface area (Å²) in [4.78, 5) is 21.0. The number of benzene rings is 1. The van der Waals surface area contributed by atoms with Crippen molar-refractivity contribution in [2.24, 2.45) is 0 Å². The van der Waals surface area contributed by atoms with Crippen LogP contribution in [0.5, 0.6) is 0 Å². The Morgan fingerprint density at radius 2 is 2.04 bits per heavy atom. The number of imidazole rings is 1. The Morgan fingerprint density at radius 1 is 1.26 bits per heavy atom. The Hall–Kier alpha value is -2.21. The number of aromatic nitrogens is 3. The molecule has 0 saturated carbocycles. The van der Waals surface area contributed by atoms with Crippen LogP contribution in [0.25, 0.3) is 5.52 Å². The molecule has 0 unspecified atom stereocenters. The topological polar surface area (TPSA) is 59.3 Å². The van der Waals surface area contributed by atoms with Gasteiger partial charge in [0.05, 0.1) is 17.4 Å². The zero-order valence-electron chi connectivity index (χ0n) is 13.2. The minimum absolute atomic E-state index is 0.213. The third kappa shape index (κ3) is 3.12. The van der Waals surface area contributed by atoms with E-state index in [0.29, 0.717) is 17.0 Å². The highest BCUT2D eigenvalue weighted by Gasteiger charge is 2.16. The zero-order chi connectivity index (χ0) is 16.6. The van der Waals surface area contributed by atoms with E-state index in [1.807, 2.05) is 13.0 Å². The molecule has 23 heavy (non-hydrogen) atoms. The number of hydrogen-bond acceptors (Lipinski definition) is 3. The maximum Gasteiger partial charge on any atom is 0.287 e. The fraction of sp³-hybridized carbons (Fsp3) is 0.235. The summed E-state index contributed by atoms with van der Waals surface area (Å²) in [5.41, 5.74) is 5.12. The van der Waals surface area contributed by atoms with Gasteiger partial charge in [0.2, 0.25) is 5.82 Å². The van der Waals surface area contributed by atoms with E-state index < -0.39 is 0 Å². The van der Waals surface area contributed by atoms with Crippen molar-refractivity contribution in [2.75, 3.05) is 0 Å². The van der Waals surface area contributed by atoms with Gasteiger partial charge in [0.15, 0.2) is 0 Å². The molecule has 0 spiro atoms. The van der Waals surface area contributed by atoms with Crippen molar-refractivity contribution in [3.05, 3.63) is 63.4 Å². The molecule has 5 nitrogen and oxygen atoms in total. The lowest BCUT2D eigenvalue weighted by Crippen LogP contribution is -2.25. The standard InChI is InChI=1S/C17H17BrN4O/c1-10-4-5-13(6-11(10)2)7-20-17(23)16-21-15(18)14-8-19-12(3)9-22(14)16/h4-6,8-9H,7H2,1-3H3,(H,20,23). The molecule has 0 bridgehead atoms. The van der Waals surface area contributed by atoms with Crippen LogP contribution in [0.4, 0.5) is 0 Å². The van der Waals surface area contributed by atoms with Crippen molar-refractivity contribution in [1.82, 2.24) is 19.7 Å². The first kappa shape index (κ1) is 15.7. The van der Waals surface area contributed by atoms with Crippen molar-refractivity contribution in [3.8, 4) is 0 Å². The van der Waals surface area contributed by atoms with Gasteiger partial charge in [-0.05, 0) is 53.4 Å². The number of fused-ring (bicyclic) bond motifs is 1. The molecular formula is C17H17BrN4O. The second-order valence-corrected chi connectivity index (χ2v) is 6.36. The van der Waals surface area contributed by atoms with Gasteiger partial charge in [-0.15, -0.1) is 0 Å². The smallest absolute Gasteiger partial charge is 0.287 e. The van der Waals surface area contributed by atoms with Gasteiger partial charge in [-0.2, -0.15) is 0 Å². The molecule has 1 aromatic carbocycles. The van der Waals surface area contributed by atoms with Crippen LogP contribution in [0.3, 0.4) is 0 Å². The number of aryl methyl sites for hydroxylation is 3. The number of carbonyl (C=O) groups is 1. The molecule has 0 aliphatic heterocycles. The molecule has 2 aromatic heterocycles. The number of nitrogens with one attached hydrogen (secondary N) is 1. The lowest BCUT2D eigenvalue weighted by Gasteiger charge is -2.07. The normalized spacial score (nSPS) is 11.0. The van der Waals surface area contributed by atoms with Crippen LogP contribution in [0, 0.1) is 20.8 Å². The Kier molecular flexibility index (Phi) is 4.17. The molecule has 0 saturated heterocycles. The molecule has 3 rings (SSSR count). The monoisotopic (exact) mass is 372 g/mol. The van der Waals surface area contributed by atoms with Crippen LogP contribution in [-0.4, -0.2) is 20.3 Å². The molecule has 118 valence electrons. The molecule has 2 heterocycles. The van der Waals surface area contributed by atoms with Crippen LogP contribution in [0.2, 0.25) is 0 Å². The molecule has 0 radical (unpaired) electrons. The molecule has 1 N–H and O–H groups in total. The van der Waals surface area contributed by atoms with Gasteiger partial charge in [0.25, 0.3) is 5.91 Å². The maximum absolute atomic E-state index is 12.5. The molecule has 0 aliphatic rings. The molecule has 6 heteroatoms. The van der Waals surface area contributed by atoms with E-state index in [1.54, 1.807) is 16.8 Å². The number of nitrogens with zero attached hydrogens (tertiary/aromatic N) is 3. The van der Waals surface area contributed by atoms with Gasteiger partial charge in [-0.1, -0.05) is 18.2 Å². The largest absolute Gasteiger partial charge is 0.345 e. The predicted octanol–water partition coefficient (Wildman–Crippen LogP) is 3.35. The third-order valence-electron chi connectivity index (χ3n) is 3.84. The lowest BCUT2D eigenvalue weighted by atomic mass is 10.1. The van der Waals surface area contributed by atoms with Crippen LogP contribution in [0.15, 0.2) is 35.2 Å². The number of rotatable bonds is 3. The second kappa shape index (κ2) is 6.12. The van der Waals surface area contributed by atoms with Crippen molar-refractivity contribution in [2.45, 2.75) is 27.3 Å².